The molecule has 0 spiro atoms. The van der Waals surface area contributed by atoms with Gasteiger partial charge in [-0.3, -0.25) is 4.79 Å². The molecule has 0 amide bonds. The van der Waals surface area contributed by atoms with E-state index in [1.54, 1.807) is 13.0 Å². The highest BCUT2D eigenvalue weighted by Crippen LogP contribution is 2.18. The molecular weight excluding hydrogens is 290 g/mol. The maximum absolute atomic E-state index is 12.5. The first-order valence-corrected chi connectivity index (χ1v) is 7.55. The fourth-order valence-corrected chi connectivity index (χ4v) is 2.64. The molecule has 4 nitrogen and oxygen atoms in total. The second-order valence-corrected chi connectivity index (χ2v) is 5.25. The number of esters is 1. The Hall–Kier alpha value is -2.88. The van der Waals surface area contributed by atoms with Crippen LogP contribution in [0.25, 0.3) is 10.9 Å². The molecule has 1 heterocycles. The molecule has 0 atom stereocenters. The van der Waals surface area contributed by atoms with E-state index in [9.17, 15) is 9.59 Å². The summed E-state index contributed by atoms with van der Waals surface area (Å²) in [7, 11) is 0. The number of pyridine rings is 1. The Labute approximate surface area is 133 Å². The predicted octanol–water partition coefficient (Wildman–Crippen LogP) is 3.30. The smallest absolute Gasteiger partial charge is 0.343 e. The molecule has 23 heavy (non-hydrogen) atoms. The van der Waals surface area contributed by atoms with Crippen LogP contribution in [-0.2, 0) is 11.2 Å². The number of H-pyrrole nitrogens is 1. The first-order valence-electron chi connectivity index (χ1n) is 7.55. The van der Waals surface area contributed by atoms with Crippen molar-refractivity contribution in [3.63, 3.8) is 0 Å². The third-order valence-electron chi connectivity index (χ3n) is 3.73. The molecule has 116 valence electrons. The minimum atomic E-state index is -0.593. The minimum absolute atomic E-state index is 0.0382. The van der Waals surface area contributed by atoms with Crippen molar-refractivity contribution < 1.29 is 9.53 Å². The van der Waals surface area contributed by atoms with Crippen molar-refractivity contribution in [3.8, 4) is 0 Å². The highest BCUT2D eigenvalue weighted by molar-refractivity contribution is 5.94. The SMILES string of the molecule is CCOC(=O)c1c[nH]c2c(Cc3ccccc3)cccc2c1=O. The molecule has 0 fully saturated rings. The third kappa shape index (κ3) is 3.01. The van der Waals surface area contributed by atoms with Crippen LogP contribution < -0.4 is 5.43 Å². The average Bonchev–Trinajstić information content (AvgIpc) is 2.57. The molecule has 0 saturated heterocycles. The van der Waals surface area contributed by atoms with Crippen molar-refractivity contribution in [1.82, 2.24) is 4.98 Å². The second kappa shape index (κ2) is 6.48. The number of aromatic nitrogens is 1. The van der Waals surface area contributed by atoms with Gasteiger partial charge in [-0.2, -0.15) is 0 Å². The molecule has 1 N–H and O–H groups in total. The maximum atomic E-state index is 12.5. The molecule has 0 radical (unpaired) electrons. The molecular formula is C19H17NO3. The quantitative estimate of drug-likeness (QED) is 0.752. The van der Waals surface area contributed by atoms with Crippen molar-refractivity contribution >= 4 is 16.9 Å². The number of nitrogens with one attached hydrogen (secondary N) is 1. The van der Waals surface area contributed by atoms with E-state index in [1.807, 2.05) is 42.5 Å². The third-order valence-corrected chi connectivity index (χ3v) is 3.73. The molecule has 3 rings (SSSR count). The maximum Gasteiger partial charge on any atom is 0.343 e. The van der Waals surface area contributed by atoms with E-state index in [4.69, 9.17) is 4.74 Å². The van der Waals surface area contributed by atoms with E-state index < -0.39 is 5.97 Å². The van der Waals surface area contributed by atoms with E-state index >= 15 is 0 Å². The Morgan fingerprint density at radius 3 is 2.61 bits per heavy atom. The number of aromatic amines is 1. The minimum Gasteiger partial charge on any atom is -0.462 e. The van der Waals surface area contributed by atoms with Crippen molar-refractivity contribution in [1.29, 1.82) is 0 Å². The number of carbonyl (C=O) groups is 1. The van der Waals surface area contributed by atoms with Gasteiger partial charge in [-0.25, -0.2) is 4.79 Å². The summed E-state index contributed by atoms with van der Waals surface area (Å²) in [6.45, 7) is 1.95. The summed E-state index contributed by atoms with van der Waals surface area (Å²) < 4.78 is 4.92. The summed E-state index contributed by atoms with van der Waals surface area (Å²) in [6.07, 6.45) is 2.16. The molecule has 3 aromatic rings. The number of hydrogen-bond donors (Lipinski definition) is 1. The first-order chi connectivity index (χ1) is 11.2. The monoisotopic (exact) mass is 307 g/mol. The summed E-state index contributed by atoms with van der Waals surface area (Å²) in [5, 5.41) is 0.504. The van der Waals surface area contributed by atoms with Gasteiger partial charge in [0.1, 0.15) is 5.56 Å². The van der Waals surface area contributed by atoms with E-state index in [1.165, 1.54) is 6.20 Å². The molecule has 0 aliphatic rings. The lowest BCUT2D eigenvalue weighted by Gasteiger charge is -2.08. The van der Waals surface area contributed by atoms with Crippen LogP contribution >= 0.6 is 0 Å². The van der Waals surface area contributed by atoms with Crippen molar-refractivity contribution in [3.05, 3.63) is 81.6 Å². The fourth-order valence-electron chi connectivity index (χ4n) is 2.64. The van der Waals surface area contributed by atoms with Crippen molar-refractivity contribution in [2.24, 2.45) is 0 Å². The molecule has 4 heteroatoms. The second-order valence-electron chi connectivity index (χ2n) is 5.25. The van der Waals surface area contributed by atoms with Gasteiger partial charge in [-0.15, -0.1) is 0 Å². The summed E-state index contributed by atoms with van der Waals surface area (Å²) in [5.41, 5.74) is 2.68. The lowest BCUT2D eigenvalue weighted by Crippen LogP contribution is -2.18. The Morgan fingerprint density at radius 2 is 1.87 bits per heavy atom. The summed E-state index contributed by atoms with van der Waals surface area (Å²) in [4.78, 5) is 27.5. The highest BCUT2D eigenvalue weighted by atomic mass is 16.5. The topological polar surface area (TPSA) is 59.2 Å². The van der Waals surface area contributed by atoms with Crippen molar-refractivity contribution in [2.75, 3.05) is 6.61 Å². The number of para-hydroxylation sites is 1. The van der Waals surface area contributed by atoms with Gasteiger partial charge < -0.3 is 9.72 Å². The standard InChI is InChI=1S/C19H17NO3/c1-2-23-19(22)16-12-20-17-14(9-6-10-15(17)18(16)21)11-13-7-4-3-5-8-13/h3-10,12H,2,11H2,1H3,(H,20,21). The lowest BCUT2D eigenvalue weighted by atomic mass is 10.0. The van der Waals surface area contributed by atoms with Gasteiger partial charge in [0.15, 0.2) is 0 Å². The van der Waals surface area contributed by atoms with Gasteiger partial charge in [0.05, 0.1) is 12.1 Å². The zero-order chi connectivity index (χ0) is 16.2. The molecule has 0 aliphatic carbocycles. The van der Waals surface area contributed by atoms with Gasteiger partial charge >= 0.3 is 5.97 Å². The first kappa shape index (κ1) is 15.0. The predicted molar refractivity (Wildman–Crippen MR) is 89.8 cm³/mol. The van der Waals surface area contributed by atoms with Crippen LogP contribution in [0.4, 0.5) is 0 Å². The lowest BCUT2D eigenvalue weighted by molar-refractivity contribution is 0.0524. The normalized spacial score (nSPS) is 10.7. The zero-order valence-electron chi connectivity index (χ0n) is 12.8. The van der Waals surface area contributed by atoms with Crippen LogP contribution in [0.2, 0.25) is 0 Å². The molecule has 0 unspecified atom stereocenters. The van der Waals surface area contributed by atoms with Crippen LogP contribution in [0.15, 0.2) is 59.5 Å². The summed E-state index contributed by atoms with van der Waals surface area (Å²) >= 11 is 0. The van der Waals surface area contributed by atoms with Crippen LogP contribution in [0, 0.1) is 0 Å². The highest BCUT2D eigenvalue weighted by Gasteiger charge is 2.15. The number of benzene rings is 2. The van der Waals surface area contributed by atoms with Gasteiger partial charge in [0.2, 0.25) is 5.43 Å². The summed E-state index contributed by atoms with van der Waals surface area (Å²) in [5.74, 6) is -0.593. The Balaban J connectivity index is 2.07. The van der Waals surface area contributed by atoms with E-state index in [-0.39, 0.29) is 17.6 Å². The van der Waals surface area contributed by atoms with Gasteiger partial charge in [0, 0.05) is 11.6 Å². The Morgan fingerprint density at radius 1 is 1.09 bits per heavy atom. The number of ether oxygens (including phenoxy) is 1. The Kier molecular flexibility index (Phi) is 4.24. The van der Waals surface area contributed by atoms with E-state index in [0.717, 1.165) is 16.6 Å². The molecule has 0 bridgehead atoms. The van der Waals surface area contributed by atoms with Crippen molar-refractivity contribution in [2.45, 2.75) is 13.3 Å². The van der Waals surface area contributed by atoms with E-state index in [2.05, 4.69) is 4.98 Å². The average molecular weight is 307 g/mol. The number of hydrogen-bond acceptors (Lipinski definition) is 3. The van der Waals surface area contributed by atoms with Gasteiger partial charge in [-0.1, -0.05) is 42.5 Å². The number of carbonyl (C=O) groups excluding carboxylic acids is 1. The number of rotatable bonds is 4. The fraction of sp³-hybridized carbons (Fsp3) is 0.158. The van der Waals surface area contributed by atoms with Crippen LogP contribution in [0.5, 0.6) is 0 Å². The largest absolute Gasteiger partial charge is 0.462 e. The van der Waals surface area contributed by atoms with E-state index in [0.29, 0.717) is 11.8 Å². The van der Waals surface area contributed by atoms with Gasteiger partial charge in [0.25, 0.3) is 0 Å². The summed E-state index contributed by atoms with van der Waals surface area (Å²) in [6, 6.07) is 15.6. The number of fused-ring (bicyclic) bond motifs is 1. The molecule has 0 saturated carbocycles. The van der Waals surface area contributed by atoms with Crippen LogP contribution in [0.3, 0.4) is 0 Å². The van der Waals surface area contributed by atoms with Crippen LogP contribution in [0.1, 0.15) is 28.4 Å². The molecule has 2 aromatic carbocycles. The zero-order valence-corrected chi connectivity index (χ0v) is 12.8. The molecule has 1 aromatic heterocycles. The van der Waals surface area contributed by atoms with Gasteiger partial charge in [-0.05, 0) is 30.5 Å². The van der Waals surface area contributed by atoms with Crippen LogP contribution in [-0.4, -0.2) is 17.6 Å². The Bertz CT molecular complexity index is 897. The molecule has 0 aliphatic heterocycles.